The van der Waals surface area contributed by atoms with Crippen LogP contribution in [-0.2, 0) is 6.42 Å². The lowest BCUT2D eigenvalue weighted by atomic mass is 9.94. The summed E-state index contributed by atoms with van der Waals surface area (Å²) >= 11 is 3.53. The lowest BCUT2D eigenvalue weighted by molar-refractivity contribution is 0.354. The Morgan fingerprint density at radius 1 is 1.13 bits per heavy atom. The maximum absolute atomic E-state index is 5.47. The van der Waals surface area contributed by atoms with Crippen LogP contribution in [0.3, 0.4) is 0 Å². The second-order valence-electron chi connectivity index (χ2n) is 5.57. The number of hydrazone groups is 1. The van der Waals surface area contributed by atoms with E-state index in [4.69, 9.17) is 9.47 Å². The molecule has 1 aliphatic heterocycles. The fraction of sp³-hybridized carbons (Fsp3) is 0.278. The molecule has 0 aromatic heterocycles. The van der Waals surface area contributed by atoms with E-state index in [1.54, 1.807) is 14.2 Å². The molecule has 4 nitrogen and oxygen atoms in total. The van der Waals surface area contributed by atoms with Crippen LogP contribution in [0.5, 0.6) is 11.5 Å². The molecule has 0 bridgehead atoms. The van der Waals surface area contributed by atoms with Crippen molar-refractivity contribution in [1.29, 1.82) is 0 Å². The first kappa shape index (κ1) is 15.9. The number of fused-ring (bicyclic) bond motifs is 1. The average molecular weight is 375 g/mol. The van der Waals surface area contributed by atoms with Gasteiger partial charge in [-0.05, 0) is 43.2 Å². The molecule has 0 saturated heterocycles. The number of nitrogens with zero attached hydrogens (tertiary/aromatic N) is 1. The van der Waals surface area contributed by atoms with Gasteiger partial charge in [-0.3, -0.25) is 0 Å². The maximum atomic E-state index is 5.47. The first-order valence-corrected chi connectivity index (χ1v) is 8.26. The smallest absolute Gasteiger partial charge is 0.161 e. The van der Waals surface area contributed by atoms with Crippen LogP contribution in [0.1, 0.15) is 23.6 Å². The van der Waals surface area contributed by atoms with Crippen LogP contribution in [0, 0.1) is 0 Å². The normalized spacial score (nSPS) is 16.7. The number of halogens is 1. The summed E-state index contributed by atoms with van der Waals surface area (Å²) in [5.41, 5.74) is 7.45. The third-order valence-corrected chi connectivity index (χ3v) is 4.38. The van der Waals surface area contributed by atoms with Crippen LogP contribution in [0.15, 0.2) is 46.0 Å². The predicted molar refractivity (Wildman–Crippen MR) is 95.6 cm³/mol. The van der Waals surface area contributed by atoms with Gasteiger partial charge in [0.2, 0.25) is 0 Å². The Hall–Kier alpha value is -2.01. The van der Waals surface area contributed by atoms with E-state index in [-0.39, 0.29) is 6.04 Å². The molecule has 1 aliphatic rings. The highest BCUT2D eigenvalue weighted by Gasteiger charge is 2.21. The van der Waals surface area contributed by atoms with E-state index in [0.717, 1.165) is 33.5 Å². The Labute approximate surface area is 144 Å². The Morgan fingerprint density at radius 3 is 2.57 bits per heavy atom. The molecule has 0 spiro atoms. The van der Waals surface area contributed by atoms with Gasteiger partial charge in [-0.25, -0.2) is 0 Å². The zero-order chi connectivity index (χ0) is 16.4. The van der Waals surface area contributed by atoms with Crippen molar-refractivity contribution in [1.82, 2.24) is 5.43 Å². The summed E-state index contributed by atoms with van der Waals surface area (Å²) in [7, 11) is 3.31. The predicted octanol–water partition coefficient (Wildman–Crippen LogP) is 3.75. The van der Waals surface area contributed by atoms with E-state index in [1.807, 2.05) is 24.3 Å². The molecule has 1 heterocycles. The molecule has 120 valence electrons. The maximum Gasteiger partial charge on any atom is 0.161 e. The van der Waals surface area contributed by atoms with Gasteiger partial charge < -0.3 is 14.9 Å². The molecular weight excluding hydrogens is 356 g/mol. The van der Waals surface area contributed by atoms with Crippen molar-refractivity contribution in [3.05, 3.63) is 57.6 Å². The SMILES string of the molecule is COc1cc2c(cc1OC)C(c1cccc(Br)c1)=NNC(C)C2. The Balaban J connectivity index is 2.19. The summed E-state index contributed by atoms with van der Waals surface area (Å²) in [6, 6.07) is 12.4. The van der Waals surface area contributed by atoms with E-state index in [0.29, 0.717) is 5.75 Å². The number of hydrogen-bond donors (Lipinski definition) is 1. The van der Waals surface area contributed by atoms with Crippen LogP contribution >= 0.6 is 15.9 Å². The van der Waals surface area contributed by atoms with Crippen LogP contribution < -0.4 is 14.9 Å². The lowest BCUT2D eigenvalue weighted by Crippen LogP contribution is -2.21. The van der Waals surface area contributed by atoms with Gasteiger partial charge in [0, 0.05) is 21.6 Å². The molecule has 2 aromatic carbocycles. The first-order valence-electron chi connectivity index (χ1n) is 7.46. The summed E-state index contributed by atoms with van der Waals surface area (Å²) < 4.78 is 11.9. The van der Waals surface area contributed by atoms with E-state index in [1.165, 1.54) is 5.56 Å². The zero-order valence-corrected chi connectivity index (χ0v) is 15.0. The fourth-order valence-corrected chi connectivity index (χ4v) is 3.18. The third-order valence-electron chi connectivity index (χ3n) is 3.89. The molecule has 0 amide bonds. The van der Waals surface area contributed by atoms with Gasteiger partial charge in [0.1, 0.15) is 0 Å². The van der Waals surface area contributed by atoms with Crippen molar-refractivity contribution in [3.8, 4) is 11.5 Å². The van der Waals surface area contributed by atoms with Crippen LogP contribution in [-0.4, -0.2) is 26.0 Å². The molecular formula is C18H19BrN2O2. The molecule has 1 atom stereocenters. The number of rotatable bonds is 3. The van der Waals surface area contributed by atoms with Crippen molar-refractivity contribution in [2.75, 3.05) is 14.2 Å². The largest absolute Gasteiger partial charge is 0.493 e. The zero-order valence-electron chi connectivity index (χ0n) is 13.4. The molecule has 0 aliphatic carbocycles. The molecule has 3 rings (SSSR count). The molecule has 23 heavy (non-hydrogen) atoms. The monoisotopic (exact) mass is 374 g/mol. The fourth-order valence-electron chi connectivity index (χ4n) is 2.78. The summed E-state index contributed by atoms with van der Waals surface area (Å²) in [6.07, 6.45) is 0.872. The van der Waals surface area contributed by atoms with Crippen LogP contribution in [0.4, 0.5) is 0 Å². The topological polar surface area (TPSA) is 42.9 Å². The highest BCUT2D eigenvalue weighted by atomic mass is 79.9. The second-order valence-corrected chi connectivity index (χ2v) is 6.49. The number of ether oxygens (including phenoxy) is 2. The molecule has 1 unspecified atom stereocenters. The summed E-state index contributed by atoms with van der Waals surface area (Å²) in [4.78, 5) is 0. The van der Waals surface area contributed by atoms with Crippen molar-refractivity contribution in [3.63, 3.8) is 0 Å². The van der Waals surface area contributed by atoms with Crippen molar-refractivity contribution in [2.24, 2.45) is 5.10 Å². The Morgan fingerprint density at radius 2 is 1.87 bits per heavy atom. The molecule has 5 heteroatoms. The van der Waals surface area contributed by atoms with Gasteiger partial charge in [0.15, 0.2) is 11.5 Å². The lowest BCUT2D eigenvalue weighted by Gasteiger charge is -2.15. The minimum absolute atomic E-state index is 0.247. The molecule has 0 radical (unpaired) electrons. The number of hydrogen-bond acceptors (Lipinski definition) is 4. The highest BCUT2D eigenvalue weighted by Crippen LogP contribution is 2.33. The van der Waals surface area contributed by atoms with Gasteiger partial charge in [-0.1, -0.05) is 28.1 Å². The highest BCUT2D eigenvalue weighted by molar-refractivity contribution is 9.10. The quantitative estimate of drug-likeness (QED) is 0.889. The van der Waals surface area contributed by atoms with E-state index >= 15 is 0 Å². The minimum Gasteiger partial charge on any atom is -0.493 e. The van der Waals surface area contributed by atoms with Gasteiger partial charge in [0.25, 0.3) is 0 Å². The molecule has 1 N–H and O–H groups in total. The first-order chi connectivity index (χ1) is 11.1. The summed E-state index contributed by atoms with van der Waals surface area (Å²) in [5, 5.41) is 4.64. The van der Waals surface area contributed by atoms with Crippen molar-refractivity contribution in [2.45, 2.75) is 19.4 Å². The molecule has 0 saturated carbocycles. The molecule has 0 fully saturated rings. The van der Waals surface area contributed by atoms with Gasteiger partial charge in [0.05, 0.1) is 19.9 Å². The minimum atomic E-state index is 0.247. The standard InChI is InChI=1S/C18H19BrN2O2/c1-11-7-13-9-16(22-2)17(23-3)10-15(13)18(21-20-11)12-5-4-6-14(19)8-12/h4-6,8-11,20H,7H2,1-3H3. The second kappa shape index (κ2) is 6.62. The number of nitrogens with one attached hydrogen (secondary N) is 1. The van der Waals surface area contributed by atoms with Gasteiger partial charge in [-0.2, -0.15) is 5.10 Å². The molecule has 2 aromatic rings. The van der Waals surface area contributed by atoms with E-state index < -0.39 is 0 Å². The van der Waals surface area contributed by atoms with Crippen molar-refractivity contribution >= 4 is 21.6 Å². The Bertz CT molecular complexity index is 759. The number of methoxy groups -OCH3 is 2. The van der Waals surface area contributed by atoms with Crippen LogP contribution in [0.2, 0.25) is 0 Å². The summed E-state index contributed by atoms with van der Waals surface area (Å²) in [5.74, 6) is 1.46. The van der Waals surface area contributed by atoms with Gasteiger partial charge >= 0.3 is 0 Å². The van der Waals surface area contributed by atoms with E-state index in [9.17, 15) is 0 Å². The summed E-state index contributed by atoms with van der Waals surface area (Å²) in [6.45, 7) is 2.12. The van der Waals surface area contributed by atoms with Crippen molar-refractivity contribution < 1.29 is 9.47 Å². The van der Waals surface area contributed by atoms with Crippen LogP contribution in [0.25, 0.3) is 0 Å². The third kappa shape index (κ3) is 3.20. The average Bonchev–Trinajstić information content (AvgIpc) is 2.71. The van der Waals surface area contributed by atoms with E-state index in [2.05, 4.69) is 45.5 Å². The number of benzene rings is 2. The Kier molecular flexibility index (Phi) is 4.57. The van der Waals surface area contributed by atoms with Gasteiger partial charge in [-0.15, -0.1) is 0 Å².